The van der Waals surface area contributed by atoms with Crippen LogP contribution in [0, 0.1) is 5.92 Å². The molecule has 188 valence electrons. The lowest BCUT2D eigenvalue weighted by molar-refractivity contribution is -0.134. The van der Waals surface area contributed by atoms with Gasteiger partial charge in [0.05, 0.1) is 0 Å². The minimum Gasteiger partial charge on any atom is -0.445 e. The van der Waals surface area contributed by atoms with E-state index in [0.717, 1.165) is 18.4 Å². The van der Waals surface area contributed by atoms with Gasteiger partial charge in [-0.2, -0.15) is 0 Å². The molecular formula is C23H34N4O7. The highest BCUT2D eigenvalue weighted by Crippen LogP contribution is 2.22. The number of benzene rings is 1. The first-order chi connectivity index (χ1) is 16.3. The Hall–Kier alpha value is -3.34. The normalized spacial score (nSPS) is 15.5. The zero-order chi connectivity index (χ0) is 24.8. The molecule has 6 N–H and O–H groups in total. The Kier molecular flexibility index (Phi) is 11.7. The Bertz CT molecular complexity index is 800. The maximum absolute atomic E-state index is 12.7. The van der Waals surface area contributed by atoms with Gasteiger partial charge in [0.25, 0.3) is 5.91 Å². The van der Waals surface area contributed by atoms with Crippen molar-refractivity contribution in [1.82, 2.24) is 10.6 Å². The predicted molar refractivity (Wildman–Crippen MR) is 122 cm³/mol. The van der Waals surface area contributed by atoms with Crippen LogP contribution >= 0.6 is 0 Å². The van der Waals surface area contributed by atoms with E-state index in [2.05, 4.69) is 10.6 Å². The smallest absolute Gasteiger partial charge is 0.407 e. The molecule has 2 unspecified atom stereocenters. The van der Waals surface area contributed by atoms with Crippen LogP contribution in [0.25, 0.3) is 0 Å². The summed E-state index contributed by atoms with van der Waals surface area (Å²) in [5.74, 6) is -1.17. The Balaban J connectivity index is 1.72. The number of alkyl carbamates (subject to hydrolysis) is 1. The quantitative estimate of drug-likeness (QED) is 0.310. The number of hydrogen-bond donors (Lipinski definition) is 4. The van der Waals surface area contributed by atoms with E-state index in [9.17, 15) is 19.2 Å². The van der Waals surface area contributed by atoms with Crippen molar-refractivity contribution in [2.24, 2.45) is 17.4 Å². The van der Waals surface area contributed by atoms with E-state index in [1.165, 1.54) is 0 Å². The first-order valence-corrected chi connectivity index (χ1v) is 11.4. The van der Waals surface area contributed by atoms with Gasteiger partial charge in [-0.25, -0.2) is 9.59 Å². The summed E-state index contributed by atoms with van der Waals surface area (Å²) in [6.07, 6.45) is 0.385. The standard InChI is InChI=1S/C23H34N4O7/c24-20(28)18(8-4-5-11-26-23(31)33-15-17-6-2-1-3-7-17)27-21(29)19(34-22(25)30)14-16-9-12-32-13-10-16/h1-3,6-7,16,18-19H,4-5,8-15H2,(H2,24,28)(H2,25,30)(H,26,31)(H,27,29). The van der Waals surface area contributed by atoms with E-state index in [0.29, 0.717) is 39.0 Å². The minimum absolute atomic E-state index is 0.142. The molecule has 0 aliphatic carbocycles. The van der Waals surface area contributed by atoms with Gasteiger partial charge in [-0.15, -0.1) is 0 Å². The first kappa shape index (κ1) is 26.9. The molecule has 0 bridgehead atoms. The lowest BCUT2D eigenvalue weighted by Crippen LogP contribution is -2.49. The van der Waals surface area contributed by atoms with Crippen LogP contribution in [-0.4, -0.2) is 55.9 Å². The molecule has 11 heteroatoms. The van der Waals surface area contributed by atoms with E-state index in [-0.39, 0.29) is 18.9 Å². The molecule has 4 amide bonds. The number of primary amides is 2. The fourth-order valence-corrected chi connectivity index (χ4v) is 3.62. The summed E-state index contributed by atoms with van der Waals surface area (Å²) in [5.41, 5.74) is 11.4. The zero-order valence-electron chi connectivity index (χ0n) is 19.2. The summed E-state index contributed by atoms with van der Waals surface area (Å²) in [7, 11) is 0. The van der Waals surface area contributed by atoms with Crippen LogP contribution in [0.3, 0.4) is 0 Å². The zero-order valence-corrected chi connectivity index (χ0v) is 19.2. The number of nitrogens with two attached hydrogens (primary N) is 2. The monoisotopic (exact) mass is 478 g/mol. The molecule has 1 fully saturated rings. The average molecular weight is 479 g/mol. The van der Waals surface area contributed by atoms with Crippen molar-refractivity contribution in [1.29, 1.82) is 0 Å². The highest BCUT2D eigenvalue weighted by molar-refractivity contribution is 5.89. The molecule has 0 aromatic heterocycles. The molecule has 2 rings (SSSR count). The van der Waals surface area contributed by atoms with E-state index >= 15 is 0 Å². The summed E-state index contributed by atoms with van der Waals surface area (Å²) in [5, 5.41) is 5.20. The molecular weight excluding hydrogens is 444 g/mol. The lowest BCUT2D eigenvalue weighted by atomic mass is 9.93. The summed E-state index contributed by atoms with van der Waals surface area (Å²) in [4.78, 5) is 47.5. The van der Waals surface area contributed by atoms with Crippen molar-refractivity contribution in [3.63, 3.8) is 0 Å². The van der Waals surface area contributed by atoms with E-state index in [1.807, 2.05) is 30.3 Å². The summed E-state index contributed by atoms with van der Waals surface area (Å²) in [6, 6.07) is 8.37. The third-order valence-electron chi connectivity index (χ3n) is 5.50. The van der Waals surface area contributed by atoms with Crippen LogP contribution in [0.5, 0.6) is 0 Å². The second-order valence-electron chi connectivity index (χ2n) is 8.16. The van der Waals surface area contributed by atoms with Crippen molar-refractivity contribution in [3.8, 4) is 0 Å². The second-order valence-corrected chi connectivity index (χ2v) is 8.16. The van der Waals surface area contributed by atoms with Gasteiger partial charge >= 0.3 is 12.2 Å². The largest absolute Gasteiger partial charge is 0.445 e. The molecule has 1 aromatic rings. The summed E-state index contributed by atoms with van der Waals surface area (Å²) in [6.45, 7) is 1.66. The van der Waals surface area contributed by atoms with Gasteiger partial charge in [-0.1, -0.05) is 30.3 Å². The van der Waals surface area contributed by atoms with Crippen LogP contribution in [0.1, 0.15) is 44.1 Å². The van der Waals surface area contributed by atoms with Gasteiger partial charge in [0, 0.05) is 19.8 Å². The predicted octanol–water partition coefficient (Wildman–Crippen LogP) is 1.33. The third-order valence-corrected chi connectivity index (χ3v) is 5.50. The van der Waals surface area contributed by atoms with Gasteiger partial charge in [0.1, 0.15) is 12.6 Å². The van der Waals surface area contributed by atoms with Crippen molar-refractivity contribution in [2.75, 3.05) is 19.8 Å². The van der Waals surface area contributed by atoms with Crippen LogP contribution < -0.4 is 22.1 Å². The maximum atomic E-state index is 12.7. The Morgan fingerprint density at radius 3 is 2.41 bits per heavy atom. The molecule has 2 atom stereocenters. The third kappa shape index (κ3) is 10.5. The number of carbonyl (C=O) groups is 4. The van der Waals surface area contributed by atoms with Crippen molar-refractivity contribution in [3.05, 3.63) is 35.9 Å². The Morgan fingerprint density at radius 2 is 1.76 bits per heavy atom. The number of ether oxygens (including phenoxy) is 3. The molecule has 11 nitrogen and oxygen atoms in total. The molecule has 34 heavy (non-hydrogen) atoms. The highest BCUT2D eigenvalue weighted by Gasteiger charge is 2.30. The van der Waals surface area contributed by atoms with Crippen LogP contribution in [0.4, 0.5) is 9.59 Å². The molecule has 1 aromatic carbocycles. The van der Waals surface area contributed by atoms with Gasteiger partial charge in [0.2, 0.25) is 5.91 Å². The second kappa shape index (κ2) is 14.7. The maximum Gasteiger partial charge on any atom is 0.407 e. The van der Waals surface area contributed by atoms with E-state index < -0.39 is 36.1 Å². The van der Waals surface area contributed by atoms with E-state index in [1.54, 1.807) is 0 Å². The Labute approximate surface area is 198 Å². The molecule has 1 saturated heterocycles. The van der Waals surface area contributed by atoms with Crippen molar-refractivity contribution < 1.29 is 33.4 Å². The SMILES string of the molecule is NC(=O)OC(CC1CCOCC1)C(=O)NC(CCCCNC(=O)OCc1ccccc1)C(N)=O. The number of unbranched alkanes of at least 4 members (excludes halogenated alkanes) is 1. The van der Waals surface area contributed by atoms with Crippen LogP contribution in [-0.2, 0) is 30.4 Å². The number of nitrogens with one attached hydrogen (secondary N) is 2. The van der Waals surface area contributed by atoms with Gasteiger partial charge in [-0.05, 0) is 50.0 Å². The van der Waals surface area contributed by atoms with Crippen LogP contribution in [0.2, 0.25) is 0 Å². The number of amides is 4. The van der Waals surface area contributed by atoms with Crippen molar-refractivity contribution in [2.45, 2.75) is 57.3 Å². The fourth-order valence-electron chi connectivity index (χ4n) is 3.62. The number of rotatable bonds is 13. The first-order valence-electron chi connectivity index (χ1n) is 11.4. The average Bonchev–Trinajstić information content (AvgIpc) is 2.82. The topological polar surface area (TPSA) is 172 Å². The molecule has 1 heterocycles. The highest BCUT2D eigenvalue weighted by atomic mass is 16.6. The van der Waals surface area contributed by atoms with Gasteiger partial charge in [-0.3, -0.25) is 9.59 Å². The van der Waals surface area contributed by atoms with Gasteiger partial charge in [0.15, 0.2) is 6.10 Å². The van der Waals surface area contributed by atoms with Gasteiger partial charge < -0.3 is 36.3 Å². The van der Waals surface area contributed by atoms with Crippen LogP contribution in [0.15, 0.2) is 30.3 Å². The molecule has 0 saturated carbocycles. The van der Waals surface area contributed by atoms with Crippen molar-refractivity contribution >= 4 is 24.0 Å². The molecule has 1 aliphatic heterocycles. The molecule has 0 radical (unpaired) electrons. The number of hydrogen-bond acceptors (Lipinski definition) is 7. The molecule has 0 spiro atoms. The number of carbonyl (C=O) groups excluding carboxylic acids is 4. The van der Waals surface area contributed by atoms with E-state index in [4.69, 9.17) is 25.7 Å². The summed E-state index contributed by atoms with van der Waals surface area (Å²) < 4.78 is 15.4. The summed E-state index contributed by atoms with van der Waals surface area (Å²) >= 11 is 0. The Morgan fingerprint density at radius 1 is 1.06 bits per heavy atom. The lowest BCUT2D eigenvalue weighted by Gasteiger charge is -2.26. The fraction of sp³-hybridized carbons (Fsp3) is 0.565. The minimum atomic E-state index is -1.11. The molecule has 1 aliphatic rings.